The predicted octanol–water partition coefficient (Wildman–Crippen LogP) is 3.55. The van der Waals surface area contributed by atoms with Crippen LogP contribution in [0.1, 0.15) is 24.4 Å². The second-order valence-electron chi connectivity index (χ2n) is 6.53. The highest BCUT2D eigenvalue weighted by Crippen LogP contribution is 2.36. The maximum absolute atomic E-state index is 13.8. The molecule has 1 heterocycles. The van der Waals surface area contributed by atoms with Crippen molar-refractivity contribution in [3.8, 4) is 11.4 Å². The highest BCUT2D eigenvalue weighted by Gasteiger charge is 2.29. The van der Waals surface area contributed by atoms with Gasteiger partial charge in [0.25, 0.3) is 0 Å². The summed E-state index contributed by atoms with van der Waals surface area (Å²) in [6.45, 7) is 0. The molecule has 0 radical (unpaired) electrons. The van der Waals surface area contributed by atoms with E-state index in [4.69, 9.17) is 0 Å². The normalized spacial score (nSPS) is 13.6. The van der Waals surface area contributed by atoms with Crippen LogP contribution in [0.3, 0.4) is 0 Å². The van der Waals surface area contributed by atoms with Gasteiger partial charge in [-0.15, -0.1) is 5.10 Å². The second kappa shape index (κ2) is 7.22. The molecule has 4 rings (SSSR count). The molecular formula is C18H12F5N5O. The fourth-order valence-electron chi connectivity index (χ4n) is 2.86. The lowest BCUT2D eigenvalue weighted by Crippen LogP contribution is -2.18. The molecule has 29 heavy (non-hydrogen) atoms. The number of nitrogens with zero attached hydrogens (tertiary/aromatic N) is 4. The predicted molar refractivity (Wildman–Crippen MR) is 90.1 cm³/mol. The summed E-state index contributed by atoms with van der Waals surface area (Å²) < 4.78 is 68.8. The molecule has 0 aliphatic heterocycles. The van der Waals surface area contributed by atoms with Crippen LogP contribution in [-0.2, 0) is 11.2 Å². The number of anilines is 1. The monoisotopic (exact) mass is 409 g/mol. The quantitative estimate of drug-likeness (QED) is 0.398. The number of rotatable bonds is 5. The van der Waals surface area contributed by atoms with Crippen LogP contribution in [0.25, 0.3) is 11.4 Å². The minimum absolute atomic E-state index is 0.215. The van der Waals surface area contributed by atoms with Gasteiger partial charge >= 0.3 is 0 Å². The zero-order valence-electron chi connectivity index (χ0n) is 14.6. The summed E-state index contributed by atoms with van der Waals surface area (Å²) in [5.74, 6) is -11.0. The number of carbonyl (C=O) groups is 1. The van der Waals surface area contributed by atoms with Gasteiger partial charge < -0.3 is 5.32 Å². The molecule has 0 atom stereocenters. The van der Waals surface area contributed by atoms with E-state index >= 15 is 0 Å². The molecule has 1 saturated carbocycles. The summed E-state index contributed by atoms with van der Waals surface area (Å²) >= 11 is 0. The Hall–Kier alpha value is -3.37. The Bertz CT molecular complexity index is 1080. The first-order valence-electron chi connectivity index (χ1n) is 8.55. The molecule has 2 aromatic carbocycles. The Morgan fingerprint density at radius 1 is 1.03 bits per heavy atom. The van der Waals surface area contributed by atoms with Crippen molar-refractivity contribution in [1.29, 1.82) is 0 Å². The van der Waals surface area contributed by atoms with Crippen molar-refractivity contribution in [3.63, 3.8) is 0 Å². The van der Waals surface area contributed by atoms with E-state index in [1.54, 1.807) is 22.9 Å². The van der Waals surface area contributed by atoms with Gasteiger partial charge in [-0.25, -0.2) is 26.6 Å². The molecule has 0 spiro atoms. The average Bonchev–Trinajstić information content (AvgIpc) is 3.44. The van der Waals surface area contributed by atoms with Crippen LogP contribution in [0.15, 0.2) is 24.3 Å². The van der Waals surface area contributed by atoms with Crippen LogP contribution in [-0.4, -0.2) is 26.1 Å². The summed E-state index contributed by atoms with van der Waals surface area (Å²) in [4.78, 5) is 12.1. The number of hydrogen-bond acceptors (Lipinski definition) is 4. The van der Waals surface area contributed by atoms with Crippen LogP contribution in [0.2, 0.25) is 0 Å². The minimum atomic E-state index is -2.27. The molecule has 1 N–H and O–H groups in total. The van der Waals surface area contributed by atoms with Gasteiger partial charge in [-0.1, -0.05) is 12.1 Å². The van der Waals surface area contributed by atoms with Crippen molar-refractivity contribution in [2.45, 2.75) is 25.3 Å². The van der Waals surface area contributed by atoms with Crippen molar-refractivity contribution in [2.24, 2.45) is 0 Å². The summed E-state index contributed by atoms with van der Waals surface area (Å²) in [6.07, 6.45) is 0.878. The molecule has 150 valence electrons. The van der Waals surface area contributed by atoms with Crippen molar-refractivity contribution in [2.75, 3.05) is 5.32 Å². The first kappa shape index (κ1) is 19.0. The van der Waals surface area contributed by atoms with E-state index in [9.17, 15) is 26.7 Å². The van der Waals surface area contributed by atoms with E-state index in [1.807, 2.05) is 0 Å². The lowest BCUT2D eigenvalue weighted by atomic mass is 10.1. The van der Waals surface area contributed by atoms with Gasteiger partial charge in [0, 0.05) is 16.8 Å². The molecule has 3 aromatic rings. The molecule has 11 heteroatoms. The molecule has 0 saturated heterocycles. The Morgan fingerprint density at radius 2 is 1.69 bits per heavy atom. The van der Waals surface area contributed by atoms with Crippen LogP contribution in [0.4, 0.5) is 27.6 Å². The average molecular weight is 409 g/mol. The molecule has 1 fully saturated rings. The molecule has 1 amide bonds. The molecular weight excluding hydrogens is 397 g/mol. The number of halogens is 5. The Kier molecular flexibility index (Phi) is 4.73. The zero-order valence-corrected chi connectivity index (χ0v) is 14.6. The minimum Gasteiger partial charge on any atom is -0.326 e. The molecule has 6 nitrogen and oxygen atoms in total. The lowest BCUT2D eigenvalue weighted by molar-refractivity contribution is -0.115. The van der Waals surface area contributed by atoms with Gasteiger partial charge in [0.15, 0.2) is 29.1 Å². The number of tetrazole rings is 1. The van der Waals surface area contributed by atoms with Gasteiger partial charge in [0.05, 0.1) is 12.5 Å². The van der Waals surface area contributed by atoms with Crippen molar-refractivity contribution in [1.82, 2.24) is 20.2 Å². The van der Waals surface area contributed by atoms with E-state index < -0.39 is 47.0 Å². The topological polar surface area (TPSA) is 72.7 Å². The molecule has 1 aromatic heterocycles. The van der Waals surface area contributed by atoms with Crippen molar-refractivity contribution in [3.05, 3.63) is 58.9 Å². The molecule has 1 aliphatic rings. The number of amides is 1. The van der Waals surface area contributed by atoms with E-state index in [-0.39, 0.29) is 11.7 Å². The summed E-state index contributed by atoms with van der Waals surface area (Å²) in [5.41, 5.74) is -0.356. The lowest BCUT2D eigenvalue weighted by Gasteiger charge is -2.10. The standard InChI is InChI=1S/C18H12F5N5O/c19-13-11(14(20)16(22)17(23)15(13)21)7-12(29)24-9-3-1-2-8(6-9)18-25-26-27-28(18)10-4-5-10/h1-3,6,10H,4-5,7H2,(H,24,29). The summed E-state index contributed by atoms with van der Waals surface area (Å²) in [7, 11) is 0. The van der Waals surface area contributed by atoms with E-state index in [1.165, 1.54) is 6.07 Å². The molecule has 1 aliphatic carbocycles. The highest BCUT2D eigenvalue weighted by atomic mass is 19.2. The zero-order chi connectivity index (χ0) is 20.7. The van der Waals surface area contributed by atoms with E-state index in [0.29, 0.717) is 11.4 Å². The van der Waals surface area contributed by atoms with Gasteiger partial charge in [-0.2, -0.15) is 0 Å². The second-order valence-corrected chi connectivity index (χ2v) is 6.53. The van der Waals surface area contributed by atoms with E-state index in [2.05, 4.69) is 20.8 Å². The third-order valence-corrected chi connectivity index (χ3v) is 4.43. The van der Waals surface area contributed by atoms with Gasteiger partial charge in [0.1, 0.15) is 0 Å². The number of benzene rings is 2. The van der Waals surface area contributed by atoms with Crippen molar-refractivity contribution < 1.29 is 26.7 Å². The number of aromatic nitrogens is 4. The summed E-state index contributed by atoms with van der Waals surface area (Å²) in [6, 6.07) is 6.58. The smallest absolute Gasteiger partial charge is 0.229 e. The molecule has 0 unspecified atom stereocenters. The van der Waals surface area contributed by atoms with E-state index in [0.717, 1.165) is 12.8 Å². The first-order chi connectivity index (χ1) is 13.9. The third-order valence-electron chi connectivity index (χ3n) is 4.43. The Balaban J connectivity index is 1.55. The fourth-order valence-corrected chi connectivity index (χ4v) is 2.86. The number of nitrogens with one attached hydrogen (secondary N) is 1. The third kappa shape index (κ3) is 3.55. The first-order valence-corrected chi connectivity index (χ1v) is 8.55. The highest BCUT2D eigenvalue weighted by molar-refractivity contribution is 5.92. The number of hydrogen-bond donors (Lipinski definition) is 1. The maximum Gasteiger partial charge on any atom is 0.229 e. The SMILES string of the molecule is O=C(Cc1c(F)c(F)c(F)c(F)c1F)Nc1cccc(-c2nnnn2C2CC2)c1. The molecule has 0 bridgehead atoms. The van der Waals surface area contributed by atoms with Gasteiger partial charge in [0.2, 0.25) is 11.7 Å². The number of carbonyl (C=O) groups excluding carboxylic acids is 1. The van der Waals surface area contributed by atoms with Crippen LogP contribution in [0.5, 0.6) is 0 Å². The fraction of sp³-hybridized carbons (Fsp3) is 0.222. The summed E-state index contributed by atoms with van der Waals surface area (Å²) in [5, 5.41) is 13.9. The maximum atomic E-state index is 13.8. The van der Waals surface area contributed by atoms with Crippen molar-refractivity contribution >= 4 is 11.6 Å². The Morgan fingerprint density at radius 3 is 2.34 bits per heavy atom. The van der Waals surface area contributed by atoms with Crippen LogP contribution >= 0.6 is 0 Å². The van der Waals surface area contributed by atoms with Gasteiger partial charge in [-0.05, 0) is 35.4 Å². The Labute approximate surface area is 160 Å². The van der Waals surface area contributed by atoms with Gasteiger partial charge in [-0.3, -0.25) is 4.79 Å². The van der Waals surface area contributed by atoms with Crippen LogP contribution < -0.4 is 5.32 Å². The largest absolute Gasteiger partial charge is 0.326 e. The van der Waals surface area contributed by atoms with Crippen LogP contribution in [0, 0.1) is 29.1 Å².